The van der Waals surface area contributed by atoms with Crippen LogP contribution in [0.3, 0.4) is 0 Å². The van der Waals surface area contributed by atoms with E-state index in [1.807, 2.05) is 13.0 Å². The van der Waals surface area contributed by atoms with Gasteiger partial charge in [-0.2, -0.15) is 0 Å². The van der Waals surface area contributed by atoms with Gasteiger partial charge < -0.3 is 24.6 Å². The molecule has 0 amide bonds. The van der Waals surface area contributed by atoms with Crippen LogP contribution in [0.15, 0.2) is 23.3 Å². The van der Waals surface area contributed by atoms with E-state index in [0.29, 0.717) is 43.9 Å². The molecular formula is C30H46ClNO5. The topological polar surface area (TPSA) is 77.0 Å². The van der Waals surface area contributed by atoms with E-state index in [1.54, 1.807) is 7.11 Å². The first-order valence-electron chi connectivity index (χ1n) is 14.3. The Labute approximate surface area is 227 Å². The Hall–Kier alpha value is -0.920. The van der Waals surface area contributed by atoms with Gasteiger partial charge in [0, 0.05) is 31.0 Å². The number of rotatable bonds is 8. The van der Waals surface area contributed by atoms with Crippen LogP contribution in [0.2, 0.25) is 0 Å². The number of carbonyl (C=O) groups is 1. The van der Waals surface area contributed by atoms with E-state index in [4.69, 9.17) is 25.8 Å². The molecule has 5 aliphatic rings. The van der Waals surface area contributed by atoms with Crippen LogP contribution in [-0.4, -0.2) is 55.9 Å². The Morgan fingerprint density at radius 1 is 1.32 bits per heavy atom. The summed E-state index contributed by atoms with van der Waals surface area (Å²) in [7, 11) is 1.70. The average molecular weight is 536 g/mol. The molecule has 0 aromatic heterocycles. The lowest BCUT2D eigenvalue weighted by atomic mass is 9.43. The van der Waals surface area contributed by atoms with Gasteiger partial charge in [-0.1, -0.05) is 63.4 Å². The molecule has 8 unspecified atom stereocenters. The first-order valence-corrected chi connectivity index (χ1v) is 14.7. The van der Waals surface area contributed by atoms with Crippen molar-refractivity contribution in [3.8, 4) is 0 Å². The molecule has 10 atom stereocenters. The van der Waals surface area contributed by atoms with Crippen LogP contribution in [0.25, 0.3) is 0 Å². The van der Waals surface area contributed by atoms with Gasteiger partial charge in [0.25, 0.3) is 0 Å². The predicted molar refractivity (Wildman–Crippen MR) is 144 cm³/mol. The molecule has 2 N–H and O–H groups in total. The molecule has 1 aliphatic heterocycles. The third-order valence-electron chi connectivity index (χ3n) is 11.4. The second kappa shape index (κ2) is 9.62. The number of allylic oxidation sites excluding steroid dienone is 1. The number of hydrogen-bond donors (Lipinski definition) is 2. The number of carboxylic acid groups (broad SMARTS) is 1. The quantitative estimate of drug-likeness (QED) is 0.393. The van der Waals surface area contributed by atoms with Crippen molar-refractivity contribution in [1.29, 1.82) is 0 Å². The van der Waals surface area contributed by atoms with Crippen molar-refractivity contribution in [2.75, 3.05) is 26.8 Å². The van der Waals surface area contributed by atoms with Crippen LogP contribution in [0.5, 0.6) is 0 Å². The van der Waals surface area contributed by atoms with Crippen LogP contribution in [0.4, 0.5) is 0 Å². The van der Waals surface area contributed by atoms with Crippen molar-refractivity contribution >= 4 is 17.6 Å². The van der Waals surface area contributed by atoms with Crippen molar-refractivity contribution < 1.29 is 24.1 Å². The van der Waals surface area contributed by atoms with Crippen molar-refractivity contribution in [3.05, 3.63) is 23.3 Å². The Bertz CT molecular complexity index is 968. The predicted octanol–water partition coefficient (Wildman–Crippen LogP) is 5.61. The molecule has 0 aromatic rings. The highest BCUT2D eigenvalue weighted by Gasteiger charge is 2.82. The summed E-state index contributed by atoms with van der Waals surface area (Å²) in [4.78, 5) is 13.7. The molecule has 0 spiro atoms. The molecular weight excluding hydrogens is 490 g/mol. The van der Waals surface area contributed by atoms with E-state index in [-0.39, 0.29) is 29.5 Å². The van der Waals surface area contributed by atoms with Crippen LogP contribution in [0.1, 0.15) is 66.7 Å². The molecule has 0 radical (unpaired) electrons. The van der Waals surface area contributed by atoms with Crippen LogP contribution >= 0.6 is 11.6 Å². The van der Waals surface area contributed by atoms with Gasteiger partial charge in [0.1, 0.15) is 5.41 Å². The number of carboxylic acids is 1. The number of halogens is 1. The zero-order valence-corrected chi connectivity index (χ0v) is 24.1. The Morgan fingerprint density at radius 2 is 2.08 bits per heavy atom. The first kappa shape index (κ1) is 27.6. The van der Waals surface area contributed by atoms with Gasteiger partial charge in [-0.25, -0.2) is 0 Å². The fourth-order valence-corrected chi connectivity index (χ4v) is 10.0. The Kier molecular flexibility index (Phi) is 7.19. The molecule has 5 rings (SSSR count). The molecule has 4 aliphatic carbocycles. The zero-order chi connectivity index (χ0) is 26.8. The monoisotopic (exact) mass is 535 g/mol. The summed E-state index contributed by atoms with van der Waals surface area (Å²) >= 11 is 5.97. The summed E-state index contributed by atoms with van der Waals surface area (Å²) in [6, 6.07) is 0. The third-order valence-corrected chi connectivity index (χ3v) is 11.6. The average Bonchev–Trinajstić information content (AvgIpc) is 3.35. The summed E-state index contributed by atoms with van der Waals surface area (Å²) in [5.74, 6) is 0.385. The highest BCUT2D eigenvalue weighted by molar-refractivity contribution is 6.25. The smallest absolute Gasteiger partial charge is 0.315 e. The maximum atomic E-state index is 13.7. The normalized spacial score (nSPS) is 48.9. The SMILES string of the molecule is COC1CNCC(C/C=C/Cl)(OCC23CC4C(CC[C@H]4C)C4(C)CC2C=C(C(C)C)[C@]43C(=O)O)OC1C. The van der Waals surface area contributed by atoms with Gasteiger partial charge in [-0.15, -0.1) is 0 Å². The molecule has 37 heavy (non-hydrogen) atoms. The fraction of sp³-hybridized carbons (Fsp3) is 0.833. The lowest BCUT2D eigenvalue weighted by Crippen LogP contribution is -2.62. The molecule has 7 heteroatoms. The summed E-state index contributed by atoms with van der Waals surface area (Å²) in [6.07, 6.45) is 8.59. The Balaban J connectivity index is 1.57. The van der Waals surface area contributed by atoms with Crippen molar-refractivity contribution in [2.24, 2.45) is 45.8 Å². The summed E-state index contributed by atoms with van der Waals surface area (Å²) in [5, 5.41) is 14.7. The third kappa shape index (κ3) is 3.68. The minimum atomic E-state index is -0.943. The van der Waals surface area contributed by atoms with Gasteiger partial charge in [0.2, 0.25) is 0 Å². The molecule has 6 nitrogen and oxygen atoms in total. The standard InChI is InChI=1S/C30H46ClNO5/c1-18(2)24-12-21-13-27(5)23-9-8-19(3)22(23)14-28(21,30(24,27)26(33)34)17-36-29(10-7-11-31)16-32-15-25(35-6)20(4)37-29/h7,11-12,18-23,25,32H,8-10,13-17H2,1-6H3,(H,33,34)/b11-7+/t19-,20?,21?,22?,23?,25?,27?,28?,29?,30+/m1/s1. The number of fused-ring (bicyclic) bond motifs is 2. The molecule has 0 aromatic carbocycles. The minimum absolute atomic E-state index is 0.0936. The summed E-state index contributed by atoms with van der Waals surface area (Å²) < 4.78 is 19.2. The van der Waals surface area contributed by atoms with E-state index < -0.39 is 22.6 Å². The van der Waals surface area contributed by atoms with Crippen molar-refractivity contribution in [2.45, 2.75) is 84.7 Å². The van der Waals surface area contributed by atoms with E-state index >= 15 is 0 Å². The molecule has 3 saturated carbocycles. The van der Waals surface area contributed by atoms with E-state index in [0.717, 1.165) is 24.8 Å². The highest BCUT2D eigenvalue weighted by atomic mass is 35.5. The lowest BCUT2D eigenvalue weighted by Gasteiger charge is -2.59. The molecule has 4 fully saturated rings. The maximum Gasteiger partial charge on any atom is 0.315 e. The van der Waals surface area contributed by atoms with E-state index in [9.17, 15) is 9.90 Å². The first-order chi connectivity index (χ1) is 17.5. The number of methoxy groups -OCH3 is 1. The number of ether oxygens (including phenoxy) is 3. The van der Waals surface area contributed by atoms with Gasteiger partial charge in [-0.05, 0) is 61.2 Å². The highest BCUT2D eigenvalue weighted by Crippen LogP contribution is 2.83. The maximum absolute atomic E-state index is 13.7. The van der Waals surface area contributed by atoms with Crippen molar-refractivity contribution in [3.63, 3.8) is 0 Å². The van der Waals surface area contributed by atoms with Gasteiger partial charge in [0.05, 0.1) is 25.4 Å². The minimum Gasteiger partial charge on any atom is -0.481 e. The van der Waals surface area contributed by atoms with Gasteiger partial charge in [0.15, 0.2) is 5.79 Å². The van der Waals surface area contributed by atoms with Crippen LogP contribution < -0.4 is 5.32 Å². The molecule has 208 valence electrons. The fourth-order valence-electron chi connectivity index (χ4n) is 9.92. The second-order valence-corrected chi connectivity index (χ2v) is 13.5. The Morgan fingerprint density at radius 3 is 2.73 bits per heavy atom. The number of hydrogen-bond acceptors (Lipinski definition) is 5. The van der Waals surface area contributed by atoms with Gasteiger partial charge in [-0.3, -0.25) is 4.79 Å². The lowest BCUT2D eigenvalue weighted by molar-refractivity contribution is -0.278. The van der Waals surface area contributed by atoms with Crippen LogP contribution in [0, 0.1) is 45.8 Å². The van der Waals surface area contributed by atoms with Crippen LogP contribution in [-0.2, 0) is 19.0 Å². The molecule has 4 bridgehead atoms. The summed E-state index contributed by atoms with van der Waals surface area (Å²) in [6.45, 7) is 12.5. The van der Waals surface area contributed by atoms with Crippen molar-refractivity contribution in [1.82, 2.24) is 5.32 Å². The molecule has 1 saturated heterocycles. The second-order valence-electron chi connectivity index (χ2n) is 13.2. The largest absolute Gasteiger partial charge is 0.481 e. The molecule has 1 heterocycles. The van der Waals surface area contributed by atoms with Gasteiger partial charge >= 0.3 is 5.97 Å². The van der Waals surface area contributed by atoms with E-state index in [2.05, 4.69) is 39.1 Å². The number of aliphatic carboxylic acids is 1. The van der Waals surface area contributed by atoms with E-state index in [1.165, 1.54) is 12.0 Å². The summed E-state index contributed by atoms with van der Waals surface area (Å²) in [5.41, 5.74) is 0.976. The number of nitrogens with one attached hydrogen (secondary N) is 1. The zero-order valence-electron chi connectivity index (χ0n) is 23.4.